The summed E-state index contributed by atoms with van der Waals surface area (Å²) < 4.78 is 45.7. The molecule has 0 radical (unpaired) electrons. The second kappa shape index (κ2) is 5.54. The number of halogens is 1. The molecule has 0 amide bonds. The lowest BCUT2D eigenvalue weighted by atomic mass is 10.1. The summed E-state index contributed by atoms with van der Waals surface area (Å²) in [6, 6.07) is 7.48. The minimum atomic E-state index is -4.02. The highest BCUT2D eigenvalue weighted by Gasteiger charge is 2.20. The number of aromatic carboxylic acids is 1. The van der Waals surface area contributed by atoms with Crippen molar-refractivity contribution in [2.45, 2.75) is 11.3 Å². The molecule has 1 heterocycles. The molecule has 0 bridgehead atoms. The van der Waals surface area contributed by atoms with Gasteiger partial charge in [-0.05, 0) is 42.0 Å². The monoisotopic (exact) mass is 337 g/mol. The van der Waals surface area contributed by atoms with Gasteiger partial charge in [-0.2, -0.15) is 0 Å². The van der Waals surface area contributed by atoms with Gasteiger partial charge < -0.3 is 9.84 Å². The Morgan fingerprint density at radius 3 is 2.74 bits per heavy atom. The van der Waals surface area contributed by atoms with E-state index in [4.69, 9.17) is 9.84 Å². The molecule has 0 spiro atoms. The first-order valence-electron chi connectivity index (χ1n) is 6.68. The average molecular weight is 337 g/mol. The van der Waals surface area contributed by atoms with E-state index in [0.717, 1.165) is 23.8 Å². The number of benzene rings is 2. The molecule has 0 saturated carbocycles. The Labute approximate surface area is 131 Å². The minimum Gasteiger partial charge on any atom is -0.493 e. The van der Waals surface area contributed by atoms with E-state index in [1.165, 1.54) is 0 Å². The summed E-state index contributed by atoms with van der Waals surface area (Å²) in [5.74, 6) is -1.82. The van der Waals surface area contributed by atoms with Gasteiger partial charge in [-0.25, -0.2) is 17.6 Å². The van der Waals surface area contributed by atoms with Gasteiger partial charge in [0.25, 0.3) is 10.0 Å². The summed E-state index contributed by atoms with van der Waals surface area (Å²) in [5.41, 5.74) is 0.515. The molecule has 1 aliphatic heterocycles. The maximum absolute atomic E-state index is 13.4. The molecule has 0 aromatic heterocycles. The molecule has 0 atom stereocenters. The number of ether oxygens (including phenoxy) is 1. The number of carboxylic acids is 1. The molecule has 2 aromatic rings. The summed E-state index contributed by atoms with van der Waals surface area (Å²) in [5, 5.41) is 8.88. The molecule has 2 N–H and O–H groups in total. The highest BCUT2D eigenvalue weighted by atomic mass is 32.2. The number of anilines is 1. The van der Waals surface area contributed by atoms with Crippen molar-refractivity contribution < 1.29 is 27.4 Å². The lowest BCUT2D eigenvalue weighted by Gasteiger charge is -2.10. The van der Waals surface area contributed by atoms with E-state index in [1.807, 2.05) is 0 Å². The zero-order valence-electron chi connectivity index (χ0n) is 11.7. The van der Waals surface area contributed by atoms with E-state index in [1.54, 1.807) is 18.2 Å². The van der Waals surface area contributed by atoms with Crippen LogP contribution < -0.4 is 9.46 Å². The second-order valence-corrected chi connectivity index (χ2v) is 6.66. The van der Waals surface area contributed by atoms with Crippen LogP contribution in [0.4, 0.5) is 10.1 Å². The highest BCUT2D eigenvalue weighted by molar-refractivity contribution is 7.92. The van der Waals surface area contributed by atoms with Crippen molar-refractivity contribution in [3.63, 3.8) is 0 Å². The molecule has 0 saturated heterocycles. The Morgan fingerprint density at radius 1 is 1.22 bits per heavy atom. The van der Waals surface area contributed by atoms with E-state index >= 15 is 0 Å². The number of carbonyl (C=O) groups is 1. The Hall–Kier alpha value is -2.61. The maximum atomic E-state index is 13.4. The lowest BCUT2D eigenvalue weighted by Crippen LogP contribution is -2.14. The summed E-state index contributed by atoms with van der Waals surface area (Å²) in [6.07, 6.45) is 0.685. The minimum absolute atomic E-state index is 0.326. The topological polar surface area (TPSA) is 92.7 Å². The Morgan fingerprint density at radius 2 is 2.00 bits per heavy atom. The first-order chi connectivity index (χ1) is 10.9. The van der Waals surface area contributed by atoms with Crippen molar-refractivity contribution >= 4 is 21.7 Å². The van der Waals surface area contributed by atoms with Crippen molar-refractivity contribution in [1.29, 1.82) is 0 Å². The van der Waals surface area contributed by atoms with Crippen LogP contribution in [-0.4, -0.2) is 26.1 Å². The van der Waals surface area contributed by atoms with Gasteiger partial charge in [-0.3, -0.25) is 4.72 Å². The number of hydrogen-bond acceptors (Lipinski definition) is 4. The van der Waals surface area contributed by atoms with Gasteiger partial charge in [0.2, 0.25) is 0 Å². The summed E-state index contributed by atoms with van der Waals surface area (Å²) >= 11 is 0. The van der Waals surface area contributed by atoms with Gasteiger partial charge in [-0.15, -0.1) is 0 Å². The van der Waals surface area contributed by atoms with Crippen molar-refractivity contribution in [3.05, 3.63) is 53.3 Å². The molecule has 3 rings (SSSR count). The van der Waals surface area contributed by atoms with E-state index in [2.05, 4.69) is 4.72 Å². The van der Waals surface area contributed by atoms with Crippen molar-refractivity contribution in [1.82, 2.24) is 0 Å². The van der Waals surface area contributed by atoms with Crippen LogP contribution in [0.15, 0.2) is 41.3 Å². The van der Waals surface area contributed by atoms with Crippen LogP contribution >= 0.6 is 0 Å². The van der Waals surface area contributed by atoms with Gasteiger partial charge in [0.15, 0.2) is 0 Å². The fourth-order valence-electron chi connectivity index (χ4n) is 2.30. The molecule has 2 aromatic carbocycles. The van der Waals surface area contributed by atoms with Crippen LogP contribution in [0.2, 0.25) is 0 Å². The summed E-state index contributed by atoms with van der Waals surface area (Å²) in [7, 11) is -4.02. The zero-order chi connectivity index (χ0) is 16.6. The molecule has 0 aliphatic carbocycles. The normalized spacial score (nSPS) is 13.3. The number of nitrogens with one attached hydrogen (secondary N) is 1. The third-order valence-corrected chi connectivity index (χ3v) is 4.80. The molecular weight excluding hydrogens is 325 g/mol. The van der Waals surface area contributed by atoms with E-state index in [9.17, 15) is 17.6 Å². The smallest absolute Gasteiger partial charge is 0.338 e. The number of hydrogen-bond donors (Lipinski definition) is 2. The van der Waals surface area contributed by atoms with E-state index in [-0.39, 0.29) is 4.90 Å². The fourth-order valence-corrected chi connectivity index (χ4v) is 3.37. The summed E-state index contributed by atoms with van der Waals surface area (Å²) in [6.45, 7) is 0.547. The predicted molar refractivity (Wildman–Crippen MR) is 79.8 cm³/mol. The first-order valence-corrected chi connectivity index (χ1v) is 8.16. The van der Waals surface area contributed by atoms with Crippen molar-refractivity contribution in [2.75, 3.05) is 11.3 Å². The lowest BCUT2D eigenvalue weighted by molar-refractivity contribution is 0.0691. The number of sulfonamides is 1. The Kier molecular flexibility index (Phi) is 3.69. The second-order valence-electron chi connectivity index (χ2n) is 4.97. The van der Waals surface area contributed by atoms with Crippen molar-refractivity contribution in [2.24, 2.45) is 0 Å². The number of rotatable bonds is 4. The molecular formula is C15H12FNO5S. The third kappa shape index (κ3) is 2.98. The number of fused-ring (bicyclic) bond motifs is 1. The van der Waals surface area contributed by atoms with Gasteiger partial charge in [0.1, 0.15) is 11.6 Å². The molecule has 8 heteroatoms. The number of carboxylic acid groups (broad SMARTS) is 1. The highest BCUT2D eigenvalue weighted by Crippen LogP contribution is 2.29. The summed E-state index contributed by atoms with van der Waals surface area (Å²) in [4.78, 5) is 10.6. The maximum Gasteiger partial charge on any atom is 0.338 e. The van der Waals surface area contributed by atoms with E-state index < -0.39 is 27.4 Å². The molecule has 6 nitrogen and oxygen atoms in total. The molecule has 23 heavy (non-hydrogen) atoms. The van der Waals surface area contributed by atoms with Gasteiger partial charge in [-0.1, -0.05) is 0 Å². The largest absolute Gasteiger partial charge is 0.493 e. The van der Waals surface area contributed by atoms with Crippen LogP contribution in [0.3, 0.4) is 0 Å². The molecule has 0 fully saturated rings. The third-order valence-electron chi connectivity index (χ3n) is 3.42. The van der Waals surface area contributed by atoms with Crippen LogP contribution in [0.25, 0.3) is 0 Å². The Balaban J connectivity index is 1.93. The quantitative estimate of drug-likeness (QED) is 0.893. The molecule has 120 valence electrons. The van der Waals surface area contributed by atoms with Crippen LogP contribution in [0.5, 0.6) is 5.75 Å². The van der Waals surface area contributed by atoms with Crippen LogP contribution in [0.1, 0.15) is 15.9 Å². The Bertz CT molecular complexity index is 895. The first kappa shape index (κ1) is 15.3. The molecule has 0 unspecified atom stereocenters. The average Bonchev–Trinajstić information content (AvgIpc) is 2.94. The van der Waals surface area contributed by atoms with Crippen LogP contribution in [0, 0.1) is 5.82 Å². The zero-order valence-corrected chi connectivity index (χ0v) is 12.6. The van der Waals surface area contributed by atoms with Crippen molar-refractivity contribution in [3.8, 4) is 5.75 Å². The van der Waals surface area contributed by atoms with E-state index in [0.29, 0.717) is 24.5 Å². The predicted octanol–water partition coefficient (Wildman–Crippen LogP) is 2.26. The van der Waals surface area contributed by atoms with Gasteiger partial charge >= 0.3 is 5.97 Å². The van der Waals surface area contributed by atoms with Gasteiger partial charge in [0, 0.05) is 12.1 Å². The van der Waals surface area contributed by atoms with Crippen LogP contribution in [-0.2, 0) is 16.4 Å². The standard InChI is InChI=1S/C15H12FNO5S/c16-13-3-2-11(8-12(13)15(18)19)23(20,21)17-10-1-4-14-9(7-10)5-6-22-14/h1-4,7-8,17H,5-6H2,(H,18,19). The van der Waals surface area contributed by atoms with Gasteiger partial charge in [0.05, 0.1) is 17.1 Å². The fraction of sp³-hybridized carbons (Fsp3) is 0.133. The SMILES string of the molecule is O=C(O)c1cc(S(=O)(=O)Nc2ccc3c(c2)CCO3)ccc1F. The molecule has 1 aliphatic rings.